The van der Waals surface area contributed by atoms with Crippen molar-refractivity contribution in [3.05, 3.63) is 12.2 Å². The minimum atomic E-state index is -0.865. The molecule has 0 spiro atoms. The first-order valence-corrected chi connectivity index (χ1v) is 8.82. The Labute approximate surface area is 130 Å². The number of carboxylic acids is 1. The molecule has 0 fully saturated rings. The molecule has 2 nitrogen and oxygen atoms in total. The summed E-state index contributed by atoms with van der Waals surface area (Å²) in [5.41, 5.74) is 0.317. The largest absolute Gasteiger partial charge is 0.478 e. The van der Waals surface area contributed by atoms with Crippen LogP contribution in [0, 0.1) is 0 Å². The van der Waals surface area contributed by atoms with E-state index in [1.165, 1.54) is 64.2 Å². The highest BCUT2D eigenvalue weighted by Gasteiger charge is 2.02. The second kappa shape index (κ2) is 16.6. The van der Waals surface area contributed by atoms with E-state index >= 15 is 0 Å². The van der Waals surface area contributed by atoms with E-state index < -0.39 is 5.97 Å². The lowest BCUT2D eigenvalue weighted by Gasteiger charge is -2.03. The molecule has 1 N–H and O–H groups in total. The second-order valence-electron chi connectivity index (χ2n) is 5.14. The summed E-state index contributed by atoms with van der Waals surface area (Å²) >= 11 is 1.69. The third-order valence-electron chi connectivity index (χ3n) is 3.22. The van der Waals surface area contributed by atoms with Gasteiger partial charge in [-0.3, -0.25) is 0 Å². The molecule has 0 unspecified atom stereocenters. The van der Waals surface area contributed by atoms with Crippen LogP contribution in [0.25, 0.3) is 0 Å². The molecule has 0 amide bonds. The highest BCUT2D eigenvalue weighted by molar-refractivity contribution is 7.99. The predicted octanol–water partition coefficient (Wildman–Crippen LogP) is 5.92. The highest BCUT2D eigenvalue weighted by Crippen LogP contribution is 2.13. The molecular formula is C17H34O2S. The smallest absolute Gasteiger partial charge is 0.331 e. The lowest BCUT2D eigenvalue weighted by atomic mass is 10.1. The van der Waals surface area contributed by atoms with Crippen molar-refractivity contribution in [3.63, 3.8) is 0 Å². The molecule has 0 aliphatic rings. The number of carboxylic acid groups (broad SMARTS) is 1. The van der Waals surface area contributed by atoms with Crippen LogP contribution in [0.3, 0.4) is 0 Å². The predicted molar refractivity (Wildman–Crippen MR) is 92.7 cm³/mol. The summed E-state index contributed by atoms with van der Waals surface area (Å²) in [4.78, 5) is 10.5. The fourth-order valence-electron chi connectivity index (χ4n) is 1.95. The van der Waals surface area contributed by atoms with Crippen LogP contribution in [0.2, 0.25) is 0 Å². The van der Waals surface area contributed by atoms with Crippen LogP contribution < -0.4 is 0 Å². The molecule has 0 radical (unpaired) electrons. The van der Waals surface area contributed by atoms with Crippen LogP contribution in [0.15, 0.2) is 12.2 Å². The Morgan fingerprint density at radius 3 is 1.85 bits per heavy atom. The van der Waals surface area contributed by atoms with Crippen molar-refractivity contribution in [1.29, 1.82) is 0 Å². The summed E-state index contributed by atoms with van der Waals surface area (Å²) < 4.78 is 0. The minimum Gasteiger partial charge on any atom is -0.478 e. The molecule has 3 heteroatoms. The third kappa shape index (κ3) is 15.6. The Morgan fingerprint density at radius 2 is 1.40 bits per heavy atom. The molecule has 0 saturated heterocycles. The van der Waals surface area contributed by atoms with E-state index in [9.17, 15) is 4.79 Å². The number of aliphatic carboxylic acids is 1. The molecule has 0 atom stereocenters. The molecule has 0 aliphatic heterocycles. The Bertz CT molecular complexity index is 239. The topological polar surface area (TPSA) is 37.3 Å². The van der Waals surface area contributed by atoms with Gasteiger partial charge in [-0.2, -0.15) is 11.8 Å². The van der Waals surface area contributed by atoms with E-state index in [4.69, 9.17) is 5.11 Å². The Balaban J connectivity index is 0. The van der Waals surface area contributed by atoms with Crippen molar-refractivity contribution in [2.45, 2.75) is 78.6 Å². The van der Waals surface area contributed by atoms with Crippen molar-refractivity contribution in [1.82, 2.24) is 0 Å². The Morgan fingerprint density at radius 1 is 0.950 bits per heavy atom. The van der Waals surface area contributed by atoms with E-state index in [0.717, 1.165) is 5.75 Å². The van der Waals surface area contributed by atoms with Crippen molar-refractivity contribution in [2.24, 2.45) is 0 Å². The molecule has 0 aromatic rings. The fourth-order valence-corrected chi connectivity index (χ4v) is 2.87. The van der Waals surface area contributed by atoms with Crippen molar-refractivity contribution < 1.29 is 9.90 Å². The van der Waals surface area contributed by atoms with Crippen LogP contribution >= 0.6 is 11.8 Å². The maximum Gasteiger partial charge on any atom is 0.331 e. The molecule has 0 aromatic heterocycles. The second-order valence-corrected chi connectivity index (χ2v) is 6.25. The van der Waals surface area contributed by atoms with E-state index in [2.05, 4.69) is 13.5 Å². The molecule has 0 bridgehead atoms. The molecule has 0 aliphatic carbocycles. The van der Waals surface area contributed by atoms with Gasteiger partial charge in [-0.15, -0.1) is 0 Å². The zero-order chi connectivity index (χ0) is 14.3. The molecule has 0 aromatic carbocycles. The maximum absolute atomic E-state index is 10.5. The number of rotatable bonds is 14. The standard InChI is InChI=1S/C16H30O2S.CH4/c1-3-4-5-6-7-8-9-10-11-12-13-19-14-15(2)16(17)18;/h2-14H2,1H3,(H,17,18);1H4. The van der Waals surface area contributed by atoms with E-state index in [1.54, 1.807) is 11.8 Å². The zero-order valence-electron chi connectivity index (χ0n) is 12.5. The van der Waals surface area contributed by atoms with Gasteiger partial charge in [0.1, 0.15) is 0 Å². The van der Waals surface area contributed by atoms with Gasteiger partial charge in [-0.1, -0.05) is 78.7 Å². The van der Waals surface area contributed by atoms with E-state index in [0.29, 0.717) is 11.3 Å². The average molecular weight is 303 g/mol. The first kappa shape index (κ1) is 21.9. The first-order valence-electron chi connectivity index (χ1n) is 7.67. The molecule has 0 heterocycles. The SMILES string of the molecule is C.C=C(CSCCCCCCCCCCCC)C(=O)O. The van der Waals surface area contributed by atoms with Gasteiger partial charge in [0, 0.05) is 11.3 Å². The summed E-state index contributed by atoms with van der Waals surface area (Å²) in [7, 11) is 0. The van der Waals surface area contributed by atoms with Gasteiger partial charge in [0.2, 0.25) is 0 Å². The lowest BCUT2D eigenvalue weighted by Crippen LogP contribution is -2.01. The molecule has 0 rings (SSSR count). The first-order chi connectivity index (χ1) is 9.18. The van der Waals surface area contributed by atoms with Crippen molar-refractivity contribution >= 4 is 17.7 Å². The summed E-state index contributed by atoms with van der Waals surface area (Å²) in [6, 6.07) is 0. The number of carbonyl (C=O) groups is 1. The van der Waals surface area contributed by atoms with Gasteiger partial charge >= 0.3 is 5.97 Å². The summed E-state index contributed by atoms with van der Waals surface area (Å²) in [5, 5.41) is 8.65. The van der Waals surface area contributed by atoms with Crippen LogP contribution in [-0.2, 0) is 4.79 Å². The lowest BCUT2D eigenvalue weighted by molar-refractivity contribution is -0.132. The molecular weight excluding hydrogens is 268 g/mol. The summed E-state index contributed by atoms with van der Waals surface area (Å²) in [5.74, 6) is 0.755. The molecule has 20 heavy (non-hydrogen) atoms. The Hall–Kier alpha value is -0.440. The summed E-state index contributed by atoms with van der Waals surface area (Å²) in [6.07, 6.45) is 13.5. The van der Waals surface area contributed by atoms with Crippen LogP contribution in [0.5, 0.6) is 0 Å². The summed E-state index contributed by atoms with van der Waals surface area (Å²) in [6.45, 7) is 5.78. The van der Waals surface area contributed by atoms with Crippen LogP contribution in [0.4, 0.5) is 0 Å². The quantitative estimate of drug-likeness (QED) is 0.320. The minimum absolute atomic E-state index is 0. The number of unbranched alkanes of at least 4 members (excludes halogenated alkanes) is 9. The van der Waals surface area contributed by atoms with E-state index in [-0.39, 0.29) is 7.43 Å². The number of hydrogen-bond donors (Lipinski definition) is 1. The Kier molecular flexibility index (Phi) is 18.2. The number of hydrogen-bond acceptors (Lipinski definition) is 2. The monoisotopic (exact) mass is 302 g/mol. The maximum atomic E-state index is 10.5. The van der Waals surface area contributed by atoms with Crippen molar-refractivity contribution in [2.75, 3.05) is 11.5 Å². The van der Waals surface area contributed by atoms with Gasteiger partial charge in [0.25, 0.3) is 0 Å². The van der Waals surface area contributed by atoms with Crippen molar-refractivity contribution in [3.8, 4) is 0 Å². The van der Waals surface area contributed by atoms with Gasteiger partial charge in [0.05, 0.1) is 0 Å². The number of thioether (sulfide) groups is 1. The van der Waals surface area contributed by atoms with Crippen LogP contribution in [-0.4, -0.2) is 22.6 Å². The highest BCUT2D eigenvalue weighted by atomic mass is 32.2. The third-order valence-corrected chi connectivity index (χ3v) is 4.35. The van der Waals surface area contributed by atoms with Crippen LogP contribution in [0.1, 0.15) is 78.6 Å². The molecule has 120 valence electrons. The van der Waals surface area contributed by atoms with Gasteiger partial charge in [-0.05, 0) is 12.2 Å². The van der Waals surface area contributed by atoms with Gasteiger partial charge < -0.3 is 5.11 Å². The fraction of sp³-hybridized carbons (Fsp3) is 0.824. The van der Waals surface area contributed by atoms with Gasteiger partial charge in [-0.25, -0.2) is 4.79 Å². The normalized spacial score (nSPS) is 10.1. The zero-order valence-corrected chi connectivity index (χ0v) is 13.3. The van der Waals surface area contributed by atoms with E-state index in [1.807, 2.05) is 0 Å². The average Bonchev–Trinajstić information content (AvgIpc) is 2.39. The molecule has 0 saturated carbocycles. The van der Waals surface area contributed by atoms with Gasteiger partial charge in [0.15, 0.2) is 0 Å².